The molecule has 3 aromatic rings. The summed E-state index contributed by atoms with van der Waals surface area (Å²) in [4.78, 5) is 34.3. The number of anilines is 1. The monoisotopic (exact) mass is 392 g/mol. The second-order valence-corrected chi connectivity index (χ2v) is 7.28. The standard InChI is InChI=1S/C22H21FN4O2/c1-13-4-3-5-18(10-13)27-12-17(11-19(27)28)25-22(29)20-14(2)24-21(26-20)15-6-8-16(23)9-7-15/h3-10,17H,11-12H2,1-2H3,(H,24,26)(H,25,29). The van der Waals surface area contributed by atoms with Crippen molar-refractivity contribution in [2.24, 2.45) is 0 Å². The third-order valence-electron chi connectivity index (χ3n) is 4.99. The van der Waals surface area contributed by atoms with Crippen molar-refractivity contribution in [3.63, 3.8) is 0 Å². The predicted molar refractivity (Wildman–Crippen MR) is 108 cm³/mol. The first kappa shape index (κ1) is 18.9. The zero-order chi connectivity index (χ0) is 20.5. The van der Waals surface area contributed by atoms with Gasteiger partial charge >= 0.3 is 0 Å². The molecular weight excluding hydrogens is 371 g/mol. The van der Waals surface area contributed by atoms with Gasteiger partial charge in [0.15, 0.2) is 0 Å². The van der Waals surface area contributed by atoms with Crippen molar-refractivity contribution in [2.75, 3.05) is 11.4 Å². The van der Waals surface area contributed by atoms with Crippen molar-refractivity contribution < 1.29 is 14.0 Å². The molecule has 29 heavy (non-hydrogen) atoms. The van der Waals surface area contributed by atoms with Gasteiger partial charge in [0, 0.05) is 29.9 Å². The molecule has 0 radical (unpaired) electrons. The summed E-state index contributed by atoms with van der Waals surface area (Å²) >= 11 is 0. The highest BCUT2D eigenvalue weighted by Crippen LogP contribution is 2.23. The zero-order valence-corrected chi connectivity index (χ0v) is 16.2. The van der Waals surface area contributed by atoms with E-state index >= 15 is 0 Å². The number of carbonyl (C=O) groups excluding carboxylic acids is 2. The van der Waals surface area contributed by atoms with E-state index in [1.807, 2.05) is 31.2 Å². The van der Waals surface area contributed by atoms with E-state index in [1.165, 1.54) is 12.1 Å². The van der Waals surface area contributed by atoms with Gasteiger partial charge in [0.05, 0.1) is 6.04 Å². The lowest BCUT2D eigenvalue weighted by Gasteiger charge is -2.17. The van der Waals surface area contributed by atoms with Crippen LogP contribution in [-0.2, 0) is 4.79 Å². The highest BCUT2D eigenvalue weighted by atomic mass is 19.1. The fraction of sp³-hybridized carbons (Fsp3) is 0.227. The Bertz CT molecular complexity index is 1070. The van der Waals surface area contributed by atoms with E-state index in [9.17, 15) is 14.0 Å². The fourth-order valence-electron chi connectivity index (χ4n) is 3.53. The molecule has 0 saturated carbocycles. The second kappa shape index (κ2) is 7.50. The van der Waals surface area contributed by atoms with Gasteiger partial charge in [-0.2, -0.15) is 0 Å². The van der Waals surface area contributed by atoms with Crippen molar-refractivity contribution in [3.8, 4) is 11.4 Å². The van der Waals surface area contributed by atoms with Gasteiger partial charge in [0.25, 0.3) is 5.91 Å². The Morgan fingerprint density at radius 1 is 1.21 bits per heavy atom. The highest BCUT2D eigenvalue weighted by Gasteiger charge is 2.32. The number of aromatic amines is 1. The topological polar surface area (TPSA) is 78.1 Å². The van der Waals surface area contributed by atoms with E-state index in [0.717, 1.165) is 11.3 Å². The molecule has 1 aromatic heterocycles. The van der Waals surface area contributed by atoms with Gasteiger partial charge in [-0.05, 0) is 55.8 Å². The molecule has 0 spiro atoms. The van der Waals surface area contributed by atoms with Crippen molar-refractivity contribution in [1.29, 1.82) is 0 Å². The molecule has 7 heteroatoms. The maximum absolute atomic E-state index is 13.1. The number of rotatable bonds is 4. The van der Waals surface area contributed by atoms with Crippen LogP contribution in [0.1, 0.15) is 28.2 Å². The highest BCUT2D eigenvalue weighted by molar-refractivity contribution is 5.99. The van der Waals surface area contributed by atoms with Gasteiger partial charge in [-0.25, -0.2) is 9.37 Å². The Balaban J connectivity index is 1.47. The largest absolute Gasteiger partial charge is 0.346 e. The molecule has 6 nitrogen and oxygen atoms in total. The number of amides is 2. The molecule has 1 saturated heterocycles. The Kier molecular flexibility index (Phi) is 4.88. The second-order valence-electron chi connectivity index (χ2n) is 7.28. The van der Waals surface area contributed by atoms with Crippen LogP contribution in [0.2, 0.25) is 0 Å². The van der Waals surface area contributed by atoms with Crippen molar-refractivity contribution in [3.05, 3.63) is 71.3 Å². The summed E-state index contributed by atoms with van der Waals surface area (Å²) in [5, 5.41) is 2.91. The van der Waals surface area contributed by atoms with Crippen molar-refractivity contribution in [1.82, 2.24) is 15.3 Å². The summed E-state index contributed by atoms with van der Waals surface area (Å²) in [7, 11) is 0. The molecule has 1 unspecified atom stereocenters. The Hall–Kier alpha value is -3.48. The predicted octanol–water partition coefficient (Wildman–Crippen LogP) is 3.37. The summed E-state index contributed by atoms with van der Waals surface area (Å²) in [5.74, 6) is -0.196. The Morgan fingerprint density at radius 3 is 2.69 bits per heavy atom. The lowest BCUT2D eigenvalue weighted by molar-refractivity contribution is -0.117. The molecule has 0 bridgehead atoms. The first-order chi connectivity index (χ1) is 13.9. The number of aryl methyl sites for hydroxylation is 2. The smallest absolute Gasteiger partial charge is 0.272 e. The first-order valence-corrected chi connectivity index (χ1v) is 9.41. The summed E-state index contributed by atoms with van der Waals surface area (Å²) in [6.45, 7) is 4.15. The lowest BCUT2D eigenvalue weighted by Crippen LogP contribution is -2.37. The van der Waals surface area contributed by atoms with Crippen LogP contribution in [0, 0.1) is 19.7 Å². The molecule has 2 N–H and O–H groups in total. The van der Waals surface area contributed by atoms with E-state index < -0.39 is 0 Å². The van der Waals surface area contributed by atoms with E-state index in [4.69, 9.17) is 0 Å². The third-order valence-corrected chi connectivity index (χ3v) is 4.99. The van der Waals surface area contributed by atoms with Gasteiger partial charge in [0.2, 0.25) is 5.91 Å². The summed E-state index contributed by atoms with van der Waals surface area (Å²) < 4.78 is 13.1. The average molecular weight is 392 g/mol. The number of halogens is 1. The van der Waals surface area contributed by atoms with E-state index in [-0.39, 0.29) is 35.8 Å². The quantitative estimate of drug-likeness (QED) is 0.715. The van der Waals surface area contributed by atoms with Crippen molar-refractivity contribution in [2.45, 2.75) is 26.3 Å². The Labute approximate surface area is 167 Å². The van der Waals surface area contributed by atoms with Crippen LogP contribution < -0.4 is 10.2 Å². The number of carbonyl (C=O) groups is 2. The van der Waals surface area contributed by atoms with Crippen LogP contribution in [0.25, 0.3) is 11.4 Å². The first-order valence-electron chi connectivity index (χ1n) is 9.41. The number of nitrogens with zero attached hydrogens (tertiary/aromatic N) is 2. The van der Waals surface area contributed by atoms with Gasteiger partial charge in [-0.3, -0.25) is 9.59 Å². The number of hydrogen-bond acceptors (Lipinski definition) is 3. The normalized spacial score (nSPS) is 16.3. The van der Waals surface area contributed by atoms with Gasteiger partial charge in [-0.15, -0.1) is 0 Å². The van der Waals surface area contributed by atoms with Crippen molar-refractivity contribution >= 4 is 17.5 Å². The number of H-pyrrole nitrogens is 1. The minimum atomic E-state index is -0.337. The lowest BCUT2D eigenvalue weighted by atomic mass is 10.2. The molecule has 2 amide bonds. The van der Waals surface area contributed by atoms with Gasteiger partial charge < -0.3 is 15.2 Å². The molecule has 2 heterocycles. The molecule has 2 aromatic carbocycles. The third kappa shape index (κ3) is 3.89. The van der Waals surface area contributed by atoms with Crippen LogP contribution in [-0.4, -0.2) is 34.4 Å². The van der Waals surface area contributed by atoms with E-state index in [0.29, 0.717) is 23.6 Å². The minimum Gasteiger partial charge on any atom is -0.346 e. The molecule has 1 fully saturated rings. The number of benzene rings is 2. The summed E-state index contributed by atoms with van der Waals surface area (Å²) in [6, 6.07) is 13.3. The van der Waals surface area contributed by atoms with Crippen LogP contribution in [0.3, 0.4) is 0 Å². The molecular formula is C22H21FN4O2. The molecule has 148 valence electrons. The Morgan fingerprint density at radius 2 is 1.97 bits per heavy atom. The van der Waals surface area contributed by atoms with Crippen LogP contribution >= 0.6 is 0 Å². The molecule has 1 aliphatic rings. The SMILES string of the molecule is Cc1cccc(N2CC(NC(=O)c3nc(-c4ccc(F)cc4)[nH]c3C)CC2=O)c1. The molecule has 1 aliphatic heterocycles. The fourth-order valence-corrected chi connectivity index (χ4v) is 3.53. The number of aromatic nitrogens is 2. The minimum absolute atomic E-state index is 0.0216. The molecule has 4 rings (SSSR count). The van der Waals surface area contributed by atoms with Crippen LogP contribution in [0.15, 0.2) is 48.5 Å². The zero-order valence-electron chi connectivity index (χ0n) is 16.2. The van der Waals surface area contributed by atoms with Gasteiger partial charge in [0.1, 0.15) is 17.3 Å². The van der Waals surface area contributed by atoms with Gasteiger partial charge in [-0.1, -0.05) is 12.1 Å². The van der Waals surface area contributed by atoms with Crippen LogP contribution in [0.5, 0.6) is 0 Å². The maximum Gasteiger partial charge on any atom is 0.272 e. The average Bonchev–Trinajstić information content (AvgIpc) is 3.25. The molecule has 1 atom stereocenters. The summed E-state index contributed by atoms with van der Waals surface area (Å²) in [6.07, 6.45) is 0.244. The summed E-state index contributed by atoms with van der Waals surface area (Å²) in [5.41, 5.74) is 3.48. The number of imidazole rings is 1. The number of hydrogen-bond donors (Lipinski definition) is 2. The maximum atomic E-state index is 13.1. The molecule has 0 aliphatic carbocycles. The number of nitrogens with one attached hydrogen (secondary N) is 2. The van der Waals surface area contributed by atoms with Crippen LogP contribution in [0.4, 0.5) is 10.1 Å². The van der Waals surface area contributed by atoms with E-state index in [1.54, 1.807) is 24.0 Å². The van der Waals surface area contributed by atoms with E-state index in [2.05, 4.69) is 15.3 Å².